The molecule has 0 spiro atoms. The van der Waals surface area contributed by atoms with Crippen LogP contribution in [0, 0.1) is 5.92 Å². The van der Waals surface area contributed by atoms with Crippen LogP contribution in [0.1, 0.15) is 25.3 Å². The van der Waals surface area contributed by atoms with Crippen LogP contribution in [0.25, 0.3) is 0 Å². The van der Waals surface area contributed by atoms with E-state index in [0.717, 1.165) is 5.56 Å². The van der Waals surface area contributed by atoms with Crippen molar-refractivity contribution >= 4 is 17.9 Å². The van der Waals surface area contributed by atoms with Gasteiger partial charge in [-0.2, -0.15) is 4.40 Å². The molecule has 4 nitrogen and oxygen atoms in total. The molecular weight excluding hydrogens is 274 g/mol. The van der Waals surface area contributed by atoms with E-state index in [0.29, 0.717) is 23.8 Å². The zero-order valence-corrected chi connectivity index (χ0v) is 11.2. The lowest BCUT2D eigenvalue weighted by atomic mass is 9.82. The third-order valence-electron chi connectivity index (χ3n) is 2.97. The largest absolute Gasteiger partial charge is 0.477 e. The minimum absolute atomic E-state index is 0.0921. The average molecular weight is 288 g/mol. The molecule has 0 bridgehead atoms. The molecule has 1 fully saturated rings. The van der Waals surface area contributed by atoms with Gasteiger partial charge in [-0.3, -0.25) is 0 Å². The smallest absolute Gasteiger partial charge is 0.248 e. The standard InChI is InChI=1S/C12H14F2N2O2S/c1-8(16-19-17)10-2-3-11(15-6-10)18-7-9-4-12(13,14)5-9/h2-3,6,9,17H,4-5,7H2,1H3/b16-8+. The minimum atomic E-state index is -2.51. The summed E-state index contributed by atoms with van der Waals surface area (Å²) in [5.74, 6) is -2.20. The van der Waals surface area contributed by atoms with Crippen LogP contribution in [-0.4, -0.2) is 27.8 Å². The SMILES string of the molecule is C/C(=N\SO)c1ccc(OCC2CC(F)(F)C2)nc1. The number of pyridine rings is 1. The lowest BCUT2D eigenvalue weighted by Gasteiger charge is -2.34. The van der Waals surface area contributed by atoms with E-state index >= 15 is 0 Å². The quantitative estimate of drug-likeness (QED) is 0.512. The Hall–Kier alpha value is -1.21. The summed E-state index contributed by atoms with van der Waals surface area (Å²) in [6.45, 7) is 2.01. The molecule has 1 heterocycles. The van der Waals surface area contributed by atoms with Gasteiger partial charge in [0, 0.05) is 36.6 Å². The summed E-state index contributed by atoms with van der Waals surface area (Å²) in [6.07, 6.45) is 1.36. The maximum absolute atomic E-state index is 12.6. The number of alkyl halides is 2. The summed E-state index contributed by atoms with van der Waals surface area (Å²) >= 11 is 0.391. The van der Waals surface area contributed by atoms with E-state index in [1.54, 1.807) is 25.3 Å². The summed E-state index contributed by atoms with van der Waals surface area (Å²) in [7, 11) is 0. The predicted molar refractivity (Wildman–Crippen MR) is 69.8 cm³/mol. The Morgan fingerprint density at radius 3 is 2.84 bits per heavy atom. The molecule has 0 unspecified atom stereocenters. The van der Waals surface area contributed by atoms with Crippen LogP contribution in [0.5, 0.6) is 5.88 Å². The fourth-order valence-electron chi connectivity index (χ4n) is 1.90. The van der Waals surface area contributed by atoms with Gasteiger partial charge in [-0.25, -0.2) is 13.8 Å². The number of nitrogens with zero attached hydrogens (tertiary/aromatic N) is 2. The van der Waals surface area contributed by atoms with Crippen molar-refractivity contribution in [3.05, 3.63) is 23.9 Å². The second kappa shape index (κ2) is 5.83. The van der Waals surface area contributed by atoms with Crippen LogP contribution < -0.4 is 4.74 Å². The molecule has 7 heteroatoms. The van der Waals surface area contributed by atoms with Crippen LogP contribution in [-0.2, 0) is 0 Å². The normalized spacial score (nSPS) is 19.1. The Kier molecular flexibility index (Phi) is 4.36. The highest BCUT2D eigenvalue weighted by Crippen LogP contribution is 2.42. The average Bonchev–Trinajstić information content (AvgIpc) is 2.34. The van der Waals surface area contributed by atoms with Gasteiger partial charge in [0.1, 0.15) is 12.2 Å². The Morgan fingerprint density at radius 1 is 1.58 bits per heavy atom. The number of rotatable bonds is 5. The second-order valence-electron chi connectivity index (χ2n) is 4.58. The van der Waals surface area contributed by atoms with Crippen molar-refractivity contribution in [2.75, 3.05) is 6.61 Å². The Balaban J connectivity index is 1.84. The molecular formula is C12H14F2N2O2S. The van der Waals surface area contributed by atoms with Gasteiger partial charge in [-0.15, -0.1) is 0 Å². The third kappa shape index (κ3) is 3.87. The van der Waals surface area contributed by atoms with Crippen molar-refractivity contribution in [1.82, 2.24) is 4.98 Å². The van der Waals surface area contributed by atoms with Crippen LogP contribution >= 0.6 is 12.2 Å². The van der Waals surface area contributed by atoms with E-state index in [1.165, 1.54) is 0 Å². The number of aromatic nitrogens is 1. The van der Waals surface area contributed by atoms with Crippen molar-refractivity contribution in [2.45, 2.75) is 25.7 Å². The lowest BCUT2D eigenvalue weighted by molar-refractivity contribution is -0.119. The molecule has 0 aliphatic heterocycles. The van der Waals surface area contributed by atoms with Gasteiger partial charge < -0.3 is 9.29 Å². The first kappa shape index (κ1) is 14.2. The van der Waals surface area contributed by atoms with E-state index in [9.17, 15) is 8.78 Å². The molecule has 0 radical (unpaired) electrons. The molecule has 1 N–H and O–H groups in total. The second-order valence-corrected chi connectivity index (χ2v) is 4.93. The van der Waals surface area contributed by atoms with Crippen molar-refractivity contribution in [3.8, 4) is 5.88 Å². The maximum Gasteiger partial charge on any atom is 0.248 e. The summed E-state index contributed by atoms with van der Waals surface area (Å²) in [5.41, 5.74) is 1.41. The number of ether oxygens (including phenoxy) is 1. The Labute approximate surface area is 114 Å². The molecule has 0 saturated heterocycles. The monoisotopic (exact) mass is 288 g/mol. The van der Waals surface area contributed by atoms with E-state index in [-0.39, 0.29) is 25.4 Å². The Morgan fingerprint density at radius 2 is 2.32 bits per heavy atom. The van der Waals surface area contributed by atoms with Gasteiger partial charge in [-0.05, 0) is 13.0 Å². The predicted octanol–water partition coefficient (Wildman–Crippen LogP) is 3.44. The van der Waals surface area contributed by atoms with E-state index in [2.05, 4.69) is 9.38 Å². The maximum atomic E-state index is 12.6. The first-order valence-electron chi connectivity index (χ1n) is 5.82. The number of hydrogen-bond donors (Lipinski definition) is 1. The van der Waals surface area contributed by atoms with E-state index in [1.807, 2.05) is 0 Å². The first-order chi connectivity index (χ1) is 9.00. The molecule has 1 aromatic rings. The van der Waals surface area contributed by atoms with E-state index in [4.69, 9.17) is 9.29 Å². The Bertz CT molecular complexity index is 457. The topological polar surface area (TPSA) is 54.7 Å². The van der Waals surface area contributed by atoms with Crippen LogP contribution in [0.2, 0.25) is 0 Å². The molecule has 104 valence electrons. The first-order valence-corrected chi connectivity index (χ1v) is 6.55. The van der Waals surface area contributed by atoms with Crippen LogP contribution in [0.3, 0.4) is 0 Å². The fourth-order valence-corrected chi connectivity index (χ4v) is 2.13. The molecule has 1 aliphatic rings. The lowest BCUT2D eigenvalue weighted by Crippen LogP contribution is -2.38. The molecule has 1 aromatic heterocycles. The zero-order chi connectivity index (χ0) is 13.9. The van der Waals surface area contributed by atoms with Crippen molar-refractivity contribution < 1.29 is 18.1 Å². The zero-order valence-electron chi connectivity index (χ0n) is 10.3. The van der Waals surface area contributed by atoms with Gasteiger partial charge >= 0.3 is 0 Å². The minimum Gasteiger partial charge on any atom is -0.477 e. The number of hydrogen-bond acceptors (Lipinski definition) is 5. The molecule has 1 aliphatic carbocycles. The van der Waals surface area contributed by atoms with Crippen LogP contribution in [0.4, 0.5) is 8.78 Å². The number of halogens is 2. The van der Waals surface area contributed by atoms with Crippen LogP contribution in [0.15, 0.2) is 22.7 Å². The molecule has 19 heavy (non-hydrogen) atoms. The van der Waals surface area contributed by atoms with Gasteiger partial charge in [0.15, 0.2) is 0 Å². The van der Waals surface area contributed by atoms with Crippen molar-refractivity contribution in [1.29, 1.82) is 0 Å². The highest BCUT2D eigenvalue weighted by Gasteiger charge is 2.45. The summed E-state index contributed by atoms with van der Waals surface area (Å²) < 4.78 is 43.0. The molecule has 0 amide bonds. The van der Waals surface area contributed by atoms with Gasteiger partial charge in [0.05, 0.1) is 12.3 Å². The molecule has 0 aromatic carbocycles. The molecule has 2 rings (SSSR count). The summed E-state index contributed by atoms with van der Waals surface area (Å²) in [4.78, 5) is 4.07. The van der Waals surface area contributed by atoms with Crippen molar-refractivity contribution in [3.63, 3.8) is 0 Å². The highest BCUT2D eigenvalue weighted by atomic mass is 32.2. The third-order valence-corrected chi connectivity index (χ3v) is 3.33. The van der Waals surface area contributed by atoms with Gasteiger partial charge in [-0.1, -0.05) is 0 Å². The van der Waals surface area contributed by atoms with E-state index < -0.39 is 5.92 Å². The highest BCUT2D eigenvalue weighted by molar-refractivity contribution is 7.92. The fraction of sp³-hybridized carbons (Fsp3) is 0.500. The van der Waals surface area contributed by atoms with Crippen molar-refractivity contribution in [2.24, 2.45) is 10.3 Å². The van der Waals surface area contributed by atoms with Gasteiger partial charge in [0.2, 0.25) is 11.8 Å². The summed E-state index contributed by atoms with van der Waals surface area (Å²) in [6, 6.07) is 3.42. The summed E-state index contributed by atoms with van der Waals surface area (Å²) in [5, 5.41) is 0. The molecule has 1 saturated carbocycles. The molecule has 0 atom stereocenters. The van der Waals surface area contributed by atoms with Gasteiger partial charge in [0.25, 0.3) is 0 Å².